The number of amides is 2. The van der Waals surface area contributed by atoms with Crippen molar-refractivity contribution in [1.29, 1.82) is 0 Å². The van der Waals surface area contributed by atoms with Crippen molar-refractivity contribution < 1.29 is 9.59 Å². The Morgan fingerprint density at radius 3 is 2.52 bits per heavy atom. The zero-order chi connectivity index (χ0) is 17.6. The number of benzene rings is 1. The highest BCUT2D eigenvalue weighted by molar-refractivity contribution is 6.30. The molecule has 25 heavy (non-hydrogen) atoms. The third-order valence-electron chi connectivity index (χ3n) is 5.16. The molecule has 2 amide bonds. The van der Waals surface area contributed by atoms with Gasteiger partial charge in [-0.1, -0.05) is 17.7 Å². The van der Waals surface area contributed by atoms with Crippen molar-refractivity contribution in [2.45, 2.75) is 25.7 Å². The van der Waals surface area contributed by atoms with Crippen LogP contribution in [0.4, 0.5) is 0 Å². The summed E-state index contributed by atoms with van der Waals surface area (Å²) in [4.78, 5) is 28.6. The van der Waals surface area contributed by atoms with Crippen LogP contribution in [0.1, 0.15) is 36.0 Å². The van der Waals surface area contributed by atoms with Gasteiger partial charge in [0.25, 0.3) is 5.91 Å². The molecule has 0 bridgehead atoms. The van der Waals surface area contributed by atoms with Gasteiger partial charge >= 0.3 is 0 Å². The summed E-state index contributed by atoms with van der Waals surface area (Å²) < 4.78 is 0. The van der Waals surface area contributed by atoms with Crippen molar-refractivity contribution in [3.63, 3.8) is 0 Å². The van der Waals surface area contributed by atoms with E-state index in [2.05, 4.69) is 10.2 Å². The van der Waals surface area contributed by atoms with Crippen LogP contribution in [0.3, 0.4) is 0 Å². The Morgan fingerprint density at radius 1 is 1.12 bits per heavy atom. The number of rotatable bonds is 5. The second-order valence-corrected chi connectivity index (χ2v) is 7.46. The quantitative estimate of drug-likeness (QED) is 0.874. The summed E-state index contributed by atoms with van der Waals surface area (Å²) in [6.07, 6.45) is 4.31. The number of carbonyl (C=O) groups excluding carboxylic acids is 2. The van der Waals surface area contributed by atoms with Gasteiger partial charge in [-0.25, -0.2) is 0 Å². The van der Waals surface area contributed by atoms with E-state index in [1.165, 1.54) is 0 Å². The van der Waals surface area contributed by atoms with Gasteiger partial charge in [-0.3, -0.25) is 14.5 Å². The summed E-state index contributed by atoms with van der Waals surface area (Å²) in [5.41, 5.74) is 0.598. The van der Waals surface area contributed by atoms with E-state index in [1.807, 2.05) is 4.90 Å². The number of carbonyl (C=O) groups is 2. The monoisotopic (exact) mass is 363 g/mol. The maximum absolute atomic E-state index is 12.2. The number of hydrogen-bond donors (Lipinski definition) is 1. The molecule has 0 spiro atoms. The van der Waals surface area contributed by atoms with E-state index in [1.54, 1.807) is 24.3 Å². The van der Waals surface area contributed by atoms with Crippen LogP contribution in [-0.4, -0.2) is 60.9 Å². The minimum absolute atomic E-state index is 0.0749. The van der Waals surface area contributed by atoms with E-state index < -0.39 is 0 Å². The summed E-state index contributed by atoms with van der Waals surface area (Å²) in [6.45, 7) is 4.92. The van der Waals surface area contributed by atoms with E-state index in [0.29, 0.717) is 29.6 Å². The lowest BCUT2D eigenvalue weighted by Gasteiger charge is -2.32. The second-order valence-electron chi connectivity index (χ2n) is 7.03. The van der Waals surface area contributed by atoms with Gasteiger partial charge in [0.2, 0.25) is 5.91 Å². The van der Waals surface area contributed by atoms with Crippen LogP contribution in [0.15, 0.2) is 24.3 Å². The molecule has 1 aromatic carbocycles. The van der Waals surface area contributed by atoms with Gasteiger partial charge in [-0.15, -0.1) is 0 Å². The predicted molar refractivity (Wildman–Crippen MR) is 98.8 cm³/mol. The minimum atomic E-state index is -0.0749. The van der Waals surface area contributed by atoms with E-state index >= 15 is 0 Å². The highest BCUT2D eigenvalue weighted by Crippen LogP contribution is 2.18. The summed E-state index contributed by atoms with van der Waals surface area (Å²) in [6, 6.07) is 7.00. The van der Waals surface area contributed by atoms with Crippen molar-refractivity contribution in [2.24, 2.45) is 5.92 Å². The third kappa shape index (κ3) is 5.19. The van der Waals surface area contributed by atoms with Gasteiger partial charge in [-0.05, 0) is 62.9 Å². The van der Waals surface area contributed by atoms with Crippen LogP contribution in [0.25, 0.3) is 0 Å². The average molecular weight is 364 g/mol. The summed E-state index contributed by atoms with van der Waals surface area (Å²) in [5, 5.41) is 3.58. The lowest BCUT2D eigenvalue weighted by Crippen LogP contribution is -2.44. The van der Waals surface area contributed by atoms with E-state index in [4.69, 9.17) is 11.6 Å². The largest absolute Gasteiger partial charge is 0.352 e. The van der Waals surface area contributed by atoms with Crippen LogP contribution >= 0.6 is 11.6 Å². The molecule has 2 fully saturated rings. The van der Waals surface area contributed by atoms with Gasteiger partial charge in [0, 0.05) is 30.2 Å². The van der Waals surface area contributed by atoms with Crippen molar-refractivity contribution in [3.05, 3.63) is 34.9 Å². The molecule has 0 atom stereocenters. The molecule has 2 heterocycles. The fourth-order valence-electron chi connectivity index (χ4n) is 3.58. The average Bonchev–Trinajstić information content (AvgIpc) is 3.16. The van der Waals surface area contributed by atoms with E-state index in [0.717, 1.165) is 51.9 Å². The lowest BCUT2D eigenvalue weighted by atomic mass is 9.96. The Labute approximate surface area is 154 Å². The molecule has 0 unspecified atom stereocenters. The van der Waals surface area contributed by atoms with Crippen LogP contribution < -0.4 is 5.32 Å². The number of nitrogens with zero attached hydrogens (tertiary/aromatic N) is 2. The van der Waals surface area contributed by atoms with E-state index in [9.17, 15) is 9.59 Å². The molecule has 3 rings (SSSR count). The summed E-state index contributed by atoms with van der Waals surface area (Å²) in [5.74, 6) is 0.667. The zero-order valence-electron chi connectivity index (χ0n) is 14.5. The Bertz CT molecular complexity index is 608. The highest BCUT2D eigenvalue weighted by Gasteiger charge is 2.24. The molecular weight excluding hydrogens is 338 g/mol. The van der Waals surface area contributed by atoms with Crippen LogP contribution in [0, 0.1) is 5.92 Å². The molecule has 1 N–H and O–H groups in total. The molecular formula is C19H26ClN3O2. The van der Waals surface area contributed by atoms with Crippen LogP contribution in [0.5, 0.6) is 0 Å². The Hall–Kier alpha value is -1.59. The maximum Gasteiger partial charge on any atom is 0.251 e. The molecule has 6 heteroatoms. The van der Waals surface area contributed by atoms with Gasteiger partial charge in [0.15, 0.2) is 0 Å². The van der Waals surface area contributed by atoms with Crippen LogP contribution in [0.2, 0.25) is 5.02 Å². The van der Waals surface area contributed by atoms with Crippen molar-refractivity contribution >= 4 is 23.4 Å². The SMILES string of the molecule is O=C(NCC1CCN(CC(=O)N2CCCC2)CC1)c1cccc(Cl)c1. The Morgan fingerprint density at radius 2 is 1.84 bits per heavy atom. The molecule has 0 aliphatic carbocycles. The molecule has 0 saturated carbocycles. The fraction of sp³-hybridized carbons (Fsp3) is 0.579. The summed E-state index contributed by atoms with van der Waals surface area (Å²) in [7, 11) is 0. The standard InChI is InChI=1S/C19H26ClN3O2/c20-17-5-3-4-16(12-17)19(25)21-13-15-6-10-22(11-7-15)14-18(24)23-8-1-2-9-23/h3-5,12,15H,1-2,6-11,13-14H2,(H,21,25). The van der Waals surface area contributed by atoms with Crippen LogP contribution in [-0.2, 0) is 4.79 Å². The zero-order valence-corrected chi connectivity index (χ0v) is 15.3. The number of nitrogens with one attached hydrogen (secondary N) is 1. The topological polar surface area (TPSA) is 52.7 Å². The molecule has 2 aliphatic heterocycles. The summed E-state index contributed by atoms with van der Waals surface area (Å²) >= 11 is 5.93. The first kappa shape index (κ1) is 18.2. The smallest absolute Gasteiger partial charge is 0.251 e. The Kier molecular flexibility index (Phi) is 6.32. The molecule has 1 aromatic rings. The highest BCUT2D eigenvalue weighted by atomic mass is 35.5. The van der Waals surface area contributed by atoms with Crippen molar-refractivity contribution in [2.75, 3.05) is 39.3 Å². The predicted octanol–water partition coefficient (Wildman–Crippen LogP) is 2.40. The molecule has 0 aromatic heterocycles. The van der Waals surface area contributed by atoms with Gasteiger partial charge in [0.05, 0.1) is 6.54 Å². The molecule has 2 aliphatic rings. The van der Waals surface area contributed by atoms with Crippen molar-refractivity contribution in [3.8, 4) is 0 Å². The lowest BCUT2D eigenvalue weighted by molar-refractivity contribution is -0.131. The second kappa shape index (κ2) is 8.68. The van der Waals surface area contributed by atoms with Gasteiger partial charge < -0.3 is 10.2 Å². The first-order valence-corrected chi connectivity index (χ1v) is 9.53. The number of hydrogen-bond acceptors (Lipinski definition) is 3. The normalized spacial score (nSPS) is 19.2. The molecule has 2 saturated heterocycles. The van der Waals surface area contributed by atoms with Crippen molar-refractivity contribution in [1.82, 2.24) is 15.1 Å². The molecule has 0 radical (unpaired) electrons. The van der Waals surface area contributed by atoms with Gasteiger partial charge in [-0.2, -0.15) is 0 Å². The number of halogens is 1. The first-order chi connectivity index (χ1) is 12.1. The van der Waals surface area contributed by atoms with E-state index in [-0.39, 0.29) is 11.8 Å². The third-order valence-corrected chi connectivity index (χ3v) is 5.40. The number of likely N-dealkylation sites (tertiary alicyclic amines) is 2. The minimum Gasteiger partial charge on any atom is -0.352 e. The molecule has 5 nitrogen and oxygen atoms in total. The first-order valence-electron chi connectivity index (χ1n) is 9.16. The fourth-order valence-corrected chi connectivity index (χ4v) is 3.77. The van der Waals surface area contributed by atoms with Gasteiger partial charge in [0.1, 0.15) is 0 Å². The Balaban J connectivity index is 1.37. The maximum atomic E-state index is 12.2. The molecule has 136 valence electrons. The number of piperidine rings is 1.